The van der Waals surface area contributed by atoms with Gasteiger partial charge in [-0.15, -0.1) is 0 Å². The summed E-state index contributed by atoms with van der Waals surface area (Å²) in [4.78, 5) is 29.6. The van der Waals surface area contributed by atoms with Gasteiger partial charge in [0.1, 0.15) is 0 Å². The number of primary amides is 1. The number of nitrogens with two attached hydrogens (primary N) is 1. The number of halogens is 7. The van der Waals surface area contributed by atoms with Crippen LogP contribution in [0.4, 0.5) is 36.8 Å². The molecule has 0 radical (unpaired) electrons. The van der Waals surface area contributed by atoms with Crippen LogP contribution in [0.25, 0.3) is 11.1 Å². The predicted octanol–water partition coefficient (Wildman–Crippen LogP) is 6.47. The summed E-state index contributed by atoms with van der Waals surface area (Å²) in [6, 6.07) is 6.29. The minimum absolute atomic E-state index is 0.0973. The van der Waals surface area contributed by atoms with Crippen LogP contribution in [-0.4, -0.2) is 16.9 Å². The number of carbonyl (C=O) groups excluding carboxylic acids is 2. The number of rotatable bonds is 3. The van der Waals surface area contributed by atoms with Crippen molar-refractivity contribution >= 4 is 29.2 Å². The van der Waals surface area contributed by atoms with E-state index in [1.807, 2.05) is 0 Å². The van der Waals surface area contributed by atoms with Crippen molar-refractivity contribution in [3.05, 3.63) is 82.1 Å². The zero-order chi connectivity index (χ0) is 25.4. The van der Waals surface area contributed by atoms with Gasteiger partial charge in [-0.25, -0.2) is 9.69 Å². The van der Waals surface area contributed by atoms with Crippen molar-refractivity contribution in [2.45, 2.75) is 19.3 Å². The average molecular weight is 502 g/mol. The zero-order valence-electron chi connectivity index (χ0n) is 17.1. The van der Waals surface area contributed by atoms with Crippen LogP contribution in [0.2, 0.25) is 5.02 Å². The fourth-order valence-electron chi connectivity index (χ4n) is 3.31. The quantitative estimate of drug-likeness (QED) is 0.418. The van der Waals surface area contributed by atoms with E-state index in [2.05, 4.69) is 4.98 Å². The molecule has 3 rings (SSSR count). The summed E-state index contributed by atoms with van der Waals surface area (Å²) in [5.74, 6) is -1.50. The lowest BCUT2D eigenvalue weighted by atomic mass is 9.96. The summed E-state index contributed by atoms with van der Waals surface area (Å²) in [6.45, 7) is 0.827. The zero-order valence-corrected chi connectivity index (χ0v) is 17.9. The van der Waals surface area contributed by atoms with Gasteiger partial charge in [0.2, 0.25) is 0 Å². The molecule has 0 saturated heterocycles. The largest absolute Gasteiger partial charge is 0.416 e. The van der Waals surface area contributed by atoms with Gasteiger partial charge >= 0.3 is 18.4 Å². The van der Waals surface area contributed by atoms with Crippen LogP contribution in [0.3, 0.4) is 0 Å². The minimum Gasteiger partial charge on any atom is -0.351 e. The number of pyridine rings is 1. The molecule has 0 unspecified atom stereocenters. The third-order valence-electron chi connectivity index (χ3n) is 4.90. The van der Waals surface area contributed by atoms with E-state index in [1.54, 1.807) is 12.1 Å². The first-order chi connectivity index (χ1) is 15.7. The number of hydrogen-bond acceptors (Lipinski definition) is 3. The van der Waals surface area contributed by atoms with Crippen molar-refractivity contribution in [2.24, 2.45) is 5.73 Å². The number of carbonyl (C=O) groups is 2. The SMILES string of the molecule is Cc1c(C(=O)N(C(N)=O)c2cnccc2-c2ccccc2Cl)cc(C(F)(F)F)cc1C(F)(F)F. The molecule has 0 aliphatic rings. The normalized spacial score (nSPS) is 11.9. The number of benzene rings is 2. The first kappa shape index (κ1) is 25.0. The van der Waals surface area contributed by atoms with Crippen molar-refractivity contribution in [3.8, 4) is 11.1 Å². The fourth-order valence-corrected chi connectivity index (χ4v) is 3.55. The average Bonchev–Trinajstić information content (AvgIpc) is 2.73. The maximum atomic E-state index is 13.5. The molecular weight excluding hydrogens is 488 g/mol. The van der Waals surface area contributed by atoms with E-state index in [4.69, 9.17) is 17.3 Å². The summed E-state index contributed by atoms with van der Waals surface area (Å²) in [5.41, 5.74) is 0.339. The van der Waals surface area contributed by atoms with Gasteiger partial charge in [0.05, 0.1) is 23.0 Å². The number of hydrogen-bond donors (Lipinski definition) is 1. The molecule has 0 bridgehead atoms. The summed E-state index contributed by atoms with van der Waals surface area (Å²) < 4.78 is 80.4. The van der Waals surface area contributed by atoms with Gasteiger partial charge in [0.15, 0.2) is 0 Å². The Labute approximate surface area is 193 Å². The Morgan fingerprint density at radius 1 is 0.971 bits per heavy atom. The molecule has 34 heavy (non-hydrogen) atoms. The van der Waals surface area contributed by atoms with Gasteiger partial charge in [-0.1, -0.05) is 29.8 Å². The number of anilines is 1. The van der Waals surface area contributed by atoms with Crippen LogP contribution in [-0.2, 0) is 12.4 Å². The number of imide groups is 1. The van der Waals surface area contributed by atoms with E-state index in [0.717, 1.165) is 13.1 Å². The minimum atomic E-state index is -5.20. The molecule has 178 valence electrons. The molecule has 0 fully saturated rings. The molecule has 5 nitrogen and oxygen atoms in total. The lowest BCUT2D eigenvalue weighted by Crippen LogP contribution is -2.42. The van der Waals surface area contributed by atoms with Gasteiger partial charge in [0, 0.05) is 27.9 Å². The third kappa shape index (κ3) is 4.84. The van der Waals surface area contributed by atoms with E-state index in [9.17, 15) is 35.9 Å². The maximum Gasteiger partial charge on any atom is 0.416 e. The third-order valence-corrected chi connectivity index (χ3v) is 5.23. The van der Waals surface area contributed by atoms with E-state index in [1.165, 1.54) is 24.4 Å². The summed E-state index contributed by atoms with van der Waals surface area (Å²) in [7, 11) is 0. The number of urea groups is 1. The molecule has 0 spiro atoms. The highest BCUT2D eigenvalue weighted by atomic mass is 35.5. The highest BCUT2D eigenvalue weighted by molar-refractivity contribution is 6.33. The Hall–Kier alpha value is -3.60. The van der Waals surface area contributed by atoms with Gasteiger partial charge in [0.25, 0.3) is 5.91 Å². The molecule has 3 amide bonds. The van der Waals surface area contributed by atoms with Crippen molar-refractivity contribution < 1.29 is 35.9 Å². The van der Waals surface area contributed by atoms with E-state index < -0.39 is 46.5 Å². The van der Waals surface area contributed by atoms with Crippen molar-refractivity contribution in [1.82, 2.24) is 4.98 Å². The Kier molecular flexibility index (Phi) is 6.61. The Bertz CT molecular complexity index is 1270. The van der Waals surface area contributed by atoms with E-state index >= 15 is 0 Å². The van der Waals surface area contributed by atoms with Gasteiger partial charge in [-0.2, -0.15) is 26.3 Å². The van der Waals surface area contributed by atoms with Gasteiger partial charge < -0.3 is 5.73 Å². The molecule has 12 heteroatoms. The standard InChI is InChI=1S/C22H14ClF6N3O2/c1-11-15(8-12(21(24,25)26)9-16(11)22(27,28)29)19(33)32(20(30)34)18-10-31-7-6-14(18)13-4-2-3-5-17(13)23/h2-10H,1H3,(H2,30,34). The number of nitrogens with zero attached hydrogens (tertiary/aromatic N) is 2. The Morgan fingerprint density at radius 3 is 2.18 bits per heavy atom. The van der Waals surface area contributed by atoms with Crippen LogP contribution in [0, 0.1) is 6.92 Å². The molecule has 0 aliphatic heterocycles. The fraction of sp³-hybridized carbons (Fsp3) is 0.136. The maximum absolute atomic E-state index is 13.5. The lowest BCUT2D eigenvalue weighted by molar-refractivity contribution is -0.143. The summed E-state index contributed by atoms with van der Waals surface area (Å²) in [5, 5.41) is 0.196. The molecule has 0 aliphatic carbocycles. The second-order valence-corrected chi connectivity index (χ2v) is 7.45. The molecular formula is C22H14ClF6N3O2. The molecule has 0 saturated carbocycles. The smallest absolute Gasteiger partial charge is 0.351 e. The molecule has 2 aromatic carbocycles. The molecule has 3 aromatic rings. The van der Waals surface area contributed by atoms with Crippen LogP contribution in [0.5, 0.6) is 0 Å². The molecule has 1 aromatic heterocycles. The van der Waals surface area contributed by atoms with Crippen LogP contribution < -0.4 is 10.6 Å². The summed E-state index contributed by atoms with van der Waals surface area (Å²) >= 11 is 6.19. The monoisotopic (exact) mass is 501 g/mol. The van der Waals surface area contributed by atoms with E-state index in [0.29, 0.717) is 5.56 Å². The van der Waals surface area contributed by atoms with Crippen molar-refractivity contribution in [1.29, 1.82) is 0 Å². The Balaban J connectivity index is 2.27. The summed E-state index contributed by atoms with van der Waals surface area (Å²) in [6.07, 6.45) is -8.08. The van der Waals surface area contributed by atoms with Crippen molar-refractivity contribution in [2.75, 3.05) is 4.90 Å². The number of alkyl halides is 6. The lowest BCUT2D eigenvalue weighted by Gasteiger charge is -2.24. The number of amides is 3. The van der Waals surface area contributed by atoms with Crippen LogP contribution in [0.15, 0.2) is 54.9 Å². The molecule has 2 N–H and O–H groups in total. The second-order valence-electron chi connectivity index (χ2n) is 7.04. The highest BCUT2D eigenvalue weighted by Crippen LogP contribution is 2.40. The predicted molar refractivity (Wildman–Crippen MR) is 112 cm³/mol. The first-order valence-corrected chi connectivity index (χ1v) is 9.73. The first-order valence-electron chi connectivity index (χ1n) is 9.35. The van der Waals surface area contributed by atoms with Crippen LogP contribution >= 0.6 is 11.6 Å². The van der Waals surface area contributed by atoms with Gasteiger partial charge in [-0.05, 0) is 36.8 Å². The molecule has 0 atom stereocenters. The second kappa shape index (κ2) is 8.98. The molecule has 1 heterocycles. The highest BCUT2D eigenvalue weighted by Gasteiger charge is 2.40. The van der Waals surface area contributed by atoms with E-state index in [-0.39, 0.29) is 33.3 Å². The van der Waals surface area contributed by atoms with Crippen LogP contribution in [0.1, 0.15) is 27.0 Å². The number of aromatic nitrogens is 1. The Morgan fingerprint density at radius 2 is 1.62 bits per heavy atom. The van der Waals surface area contributed by atoms with Gasteiger partial charge in [-0.3, -0.25) is 9.78 Å². The van der Waals surface area contributed by atoms with Crippen molar-refractivity contribution in [3.63, 3.8) is 0 Å². The topological polar surface area (TPSA) is 76.3 Å².